The van der Waals surface area contributed by atoms with Crippen LogP contribution >= 0.6 is 0 Å². The standard InChI is InChI=1S/C18H24N4O/c1-2-22-13-10-19-17(18(22)23)20-16-8-11-21(12-9-16)14-15-6-4-3-5-7-15/h3-7,10,13,16H,2,8-9,11-12,14H2,1H3,(H,19,20). The van der Waals surface area contributed by atoms with Crippen LogP contribution in [0.1, 0.15) is 25.3 Å². The summed E-state index contributed by atoms with van der Waals surface area (Å²) in [5.74, 6) is 0.482. The third-order valence-corrected chi connectivity index (χ3v) is 4.43. The van der Waals surface area contributed by atoms with Crippen LogP contribution in [0.15, 0.2) is 47.5 Å². The first-order valence-electron chi connectivity index (χ1n) is 8.34. The number of nitrogens with one attached hydrogen (secondary N) is 1. The zero-order valence-corrected chi connectivity index (χ0v) is 13.6. The molecule has 2 heterocycles. The summed E-state index contributed by atoms with van der Waals surface area (Å²) >= 11 is 0. The number of hydrogen-bond donors (Lipinski definition) is 1. The molecule has 3 rings (SSSR count). The highest BCUT2D eigenvalue weighted by Gasteiger charge is 2.20. The minimum absolute atomic E-state index is 0.0262. The van der Waals surface area contributed by atoms with Gasteiger partial charge in [-0.15, -0.1) is 0 Å². The maximum Gasteiger partial charge on any atom is 0.293 e. The Morgan fingerprint density at radius 3 is 2.65 bits per heavy atom. The van der Waals surface area contributed by atoms with E-state index in [1.165, 1.54) is 5.56 Å². The van der Waals surface area contributed by atoms with Gasteiger partial charge in [0.1, 0.15) is 0 Å². The van der Waals surface area contributed by atoms with Gasteiger partial charge >= 0.3 is 0 Å². The molecular formula is C18H24N4O. The number of likely N-dealkylation sites (tertiary alicyclic amines) is 1. The second-order valence-electron chi connectivity index (χ2n) is 6.05. The van der Waals surface area contributed by atoms with Crippen LogP contribution in [0.5, 0.6) is 0 Å². The van der Waals surface area contributed by atoms with Crippen molar-refractivity contribution in [3.63, 3.8) is 0 Å². The number of benzene rings is 1. The molecule has 1 aromatic carbocycles. The predicted molar refractivity (Wildman–Crippen MR) is 92.5 cm³/mol. The van der Waals surface area contributed by atoms with Gasteiger partial charge in [0.2, 0.25) is 0 Å². The Balaban J connectivity index is 1.54. The molecule has 5 heteroatoms. The Hall–Kier alpha value is -2.14. The number of aryl methyl sites for hydroxylation is 1. The van der Waals surface area contributed by atoms with Gasteiger partial charge in [0.05, 0.1) is 0 Å². The zero-order chi connectivity index (χ0) is 16.1. The summed E-state index contributed by atoms with van der Waals surface area (Å²) in [6.45, 7) is 5.72. The van der Waals surface area contributed by atoms with Crippen molar-refractivity contribution in [3.8, 4) is 0 Å². The van der Waals surface area contributed by atoms with Gasteiger partial charge < -0.3 is 9.88 Å². The molecule has 0 atom stereocenters. The molecule has 1 saturated heterocycles. The molecule has 2 aromatic rings. The topological polar surface area (TPSA) is 50.2 Å². The van der Waals surface area contributed by atoms with Crippen LogP contribution in [-0.4, -0.2) is 33.6 Å². The van der Waals surface area contributed by atoms with Crippen molar-refractivity contribution in [2.75, 3.05) is 18.4 Å². The average Bonchev–Trinajstić information content (AvgIpc) is 2.59. The molecule has 0 radical (unpaired) electrons. The lowest BCUT2D eigenvalue weighted by atomic mass is 10.0. The molecule has 23 heavy (non-hydrogen) atoms. The maximum atomic E-state index is 12.2. The Morgan fingerprint density at radius 1 is 1.22 bits per heavy atom. The molecule has 1 N–H and O–H groups in total. The predicted octanol–water partition coefficient (Wildman–Crippen LogP) is 2.34. The van der Waals surface area contributed by atoms with E-state index in [1.807, 2.05) is 6.92 Å². The quantitative estimate of drug-likeness (QED) is 0.921. The van der Waals surface area contributed by atoms with Gasteiger partial charge in [-0.2, -0.15) is 0 Å². The van der Waals surface area contributed by atoms with Crippen LogP contribution in [0.4, 0.5) is 5.82 Å². The van der Waals surface area contributed by atoms with Gasteiger partial charge in [-0.1, -0.05) is 30.3 Å². The molecule has 0 aliphatic carbocycles. The van der Waals surface area contributed by atoms with E-state index in [-0.39, 0.29) is 5.56 Å². The first-order chi connectivity index (χ1) is 11.3. The van der Waals surface area contributed by atoms with Crippen LogP contribution in [0, 0.1) is 0 Å². The van der Waals surface area contributed by atoms with Crippen molar-refractivity contribution < 1.29 is 0 Å². The molecule has 0 unspecified atom stereocenters. The Labute approximate surface area is 137 Å². The van der Waals surface area contributed by atoms with Crippen LogP contribution in [0.25, 0.3) is 0 Å². The fraction of sp³-hybridized carbons (Fsp3) is 0.444. The van der Waals surface area contributed by atoms with E-state index in [4.69, 9.17) is 0 Å². The second kappa shape index (κ2) is 7.42. The van der Waals surface area contributed by atoms with Crippen molar-refractivity contribution in [3.05, 3.63) is 58.6 Å². The van der Waals surface area contributed by atoms with Crippen molar-refractivity contribution >= 4 is 5.82 Å². The Bertz CT molecular complexity index is 675. The summed E-state index contributed by atoms with van der Waals surface area (Å²) in [5.41, 5.74) is 1.33. The Morgan fingerprint density at radius 2 is 1.96 bits per heavy atom. The molecule has 1 aliphatic rings. The lowest BCUT2D eigenvalue weighted by Gasteiger charge is -2.32. The highest BCUT2D eigenvalue weighted by atomic mass is 16.1. The number of anilines is 1. The minimum atomic E-state index is -0.0262. The van der Waals surface area contributed by atoms with E-state index in [9.17, 15) is 4.79 Å². The largest absolute Gasteiger partial charge is 0.363 e. The van der Waals surface area contributed by atoms with Crippen molar-refractivity contribution in [2.24, 2.45) is 0 Å². The summed E-state index contributed by atoms with van der Waals surface area (Å²) < 4.78 is 1.68. The van der Waals surface area contributed by atoms with Crippen molar-refractivity contribution in [2.45, 2.75) is 38.9 Å². The molecule has 0 saturated carbocycles. The summed E-state index contributed by atoms with van der Waals surface area (Å²) in [4.78, 5) is 18.9. The van der Waals surface area contributed by atoms with E-state index < -0.39 is 0 Å². The van der Waals surface area contributed by atoms with E-state index in [2.05, 4.69) is 45.5 Å². The molecule has 0 bridgehead atoms. The molecule has 1 aliphatic heterocycles. The molecule has 5 nitrogen and oxygen atoms in total. The van der Waals surface area contributed by atoms with Crippen LogP contribution in [-0.2, 0) is 13.1 Å². The first-order valence-corrected chi connectivity index (χ1v) is 8.34. The number of piperidine rings is 1. The van der Waals surface area contributed by atoms with Gasteiger partial charge in [-0.05, 0) is 25.3 Å². The normalized spacial score (nSPS) is 16.4. The number of hydrogen-bond acceptors (Lipinski definition) is 4. The molecule has 0 amide bonds. The third-order valence-electron chi connectivity index (χ3n) is 4.43. The molecule has 0 spiro atoms. The fourth-order valence-electron chi connectivity index (χ4n) is 3.07. The molecular weight excluding hydrogens is 288 g/mol. The van der Waals surface area contributed by atoms with Crippen LogP contribution < -0.4 is 10.9 Å². The molecule has 122 valence electrons. The minimum Gasteiger partial charge on any atom is -0.363 e. The monoisotopic (exact) mass is 312 g/mol. The number of nitrogens with zero attached hydrogens (tertiary/aromatic N) is 3. The summed E-state index contributed by atoms with van der Waals surface area (Å²) in [6, 6.07) is 10.9. The van der Waals surface area contributed by atoms with Gasteiger partial charge in [-0.3, -0.25) is 9.69 Å². The smallest absolute Gasteiger partial charge is 0.293 e. The highest BCUT2D eigenvalue weighted by molar-refractivity contribution is 5.32. The molecule has 1 aromatic heterocycles. The number of rotatable bonds is 5. The Kier molecular flexibility index (Phi) is 5.08. The highest BCUT2D eigenvalue weighted by Crippen LogP contribution is 2.16. The third kappa shape index (κ3) is 3.99. The SMILES string of the molecule is CCn1ccnc(NC2CCN(Cc3ccccc3)CC2)c1=O. The average molecular weight is 312 g/mol. The summed E-state index contributed by atoms with van der Waals surface area (Å²) in [7, 11) is 0. The maximum absolute atomic E-state index is 12.2. The van der Waals surface area contributed by atoms with E-state index in [0.717, 1.165) is 32.5 Å². The zero-order valence-electron chi connectivity index (χ0n) is 13.6. The fourth-order valence-corrected chi connectivity index (χ4v) is 3.07. The van der Waals surface area contributed by atoms with Gasteiger partial charge in [0, 0.05) is 44.6 Å². The van der Waals surface area contributed by atoms with Crippen molar-refractivity contribution in [1.82, 2.24) is 14.5 Å². The van der Waals surface area contributed by atoms with E-state index in [1.54, 1.807) is 17.0 Å². The second-order valence-corrected chi connectivity index (χ2v) is 6.05. The van der Waals surface area contributed by atoms with Crippen molar-refractivity contribution in [1.29, 1.82) is 0 Å². The van der Waals surface area contributed by atoms with Gasteiger partial charge in [0.25, 0.3) is 5.56 Å². The molecule has 1 fully saturated rings. The van der Waals surface area contributed by atoms with Crippen LogP contribution in [0.2, 0.25) is 0 Å². The van der Waals surface area contributed by atoms with E-state index in [0.29, 0.717) is 18.4 Å². The first kappa shape index (κ1) is 15.7. The number of aromatic nitrogens is 2. The summed E-state index contributed by atoms with van der Waals surface area (Å²) in [6.07, 6.45) is 5.50. The van der Waals surface area contributed by atoms with E-state index >= 15 is 0 Å². The van der Waals surface area contributed by atoms with Crippen LogP contribution in [0.3, 0.4) is 0 Å². The lowest BCUT2D eigenvalue weighted by molar-refractivity contribution is 0.211. The summed E-state index contributed by atoms with van der Waals surface area (Å²) in [5, 5.41) is 3.34. The van der Waals surface area contributed by atoms with Gasteiger partial charge in [0.15, 0.2) is 5.82 Å². The lowest BCUT2D eigenvalue weighted by Crippen LogP contribution is -2.40. The van der Waals surface area contributed by atoms with Gasteiger partial charge in [-0.25, -0.2) is 4.98 Å².